The first-order valence-corrected chi connectivity index (χ1v) is 4.75. The van der Waals surface area contributed by atoms with Crippen molar-refractivity contribution in [1.82, 2.24) is 0 Å². The topological polar surface area (TPSA) is 57.5 Å². The lowest BCUT2D eigenvalue weighted by Crippen LogP contribution is -1.93. The van der Waals surface area contributed by atoms with E-state index in [9.17, 15) is 4.79 Å². The fraction of sp³-hybridized carbons (Fsp3) is 0.700. The van der Waals surface area contributed by atoms with Gasteiger partial charge in [0.25, 0.3) is 0 Å². The van der Waals surface area contributed by atoms with Gasteiger partial charge in [0.05, 0.1) is 0 Å². The SMILES string of the molecule is O=C(O)CCCCC/C=C\CCO. The molecule has 0 fully saturated rings. The Labute approximate surface area is 79.1 Å². The van der Waals surface area contributed by atoms with Crippen molar-refractivity contribution >= 4 is 5.97 Å². The second-order valence-electron chi connectivity index (χ2n) is 2.98. The van der Waals surface area contributed by atoms with Gasteiger partial charge in [0.2, 0.25) is 0 Å². The Morgan fingerprint density at radius 3 is 2.38 bits per heavy atom. The molecular weight excluding hydrogens is 168 g/mol. The first-order valence-electron chi connectivity index (χ1n) is 4.75. The van der Waals surface area contributed by atoms with Crippen LogP contribution in [0.5, 0.6) is 0 Å². The van der Waals surface area contributed by atoms with Gasteiger partial charge in [0.1, 0.15) is 0 Å². The molecule has 0 aromatic carbocycles. The molecule has 0 radical (unpaired) electrons. The molecule has 0 saturated carbocycles. The molecule has 3 nitrogen and oxygen atoms in total. The summed E-state index contributed by atoms with van der Waals surface area (Å²) >= 11 is 0. The highest BCUT2D eigenvalue weighted by atomic mass is 16.4. The van der Waals surface area contributed by atoms with Crippen molar-refractivity contribution in [3.05, 3.63) is 12.2 Å². The second kappa shape index (κ2) is 9.26. The second-order valence-corrected chi connectivity index (χ2v) is 2.98. The van der Waals surface area contributed by atoms with Gasteiger partial charge in [-0.1, -0.05) is 18.6 Å². The van der Waals surface area contributed by atoms with Crippen LogP contribution in [-0.2, 0) is 4.79 Å². The number of aliphatic hydroxyl groups is 1. The van der Waals surface area contributed by atoms with Crippen molar-refractivity contribution in [2.24, 2.45) is 0 Å². The molecule has 0 heterocycles. The van der Waals surface area contributed by atoms with Crippen molar-refractivity contribution in [3.8, 4) is 0 Å². The van der Waals surface area contributed by atoms with E-state index in [2.05, 4.69) is 0 Å². The Morgan fingerprint density at radius 1 is 1.08 bits per heavy atom. The Kier molecular flexibility index (Phi) is 8.67. The zero-order valence-electron chi connectivity index (χ0n) is 7.91. The maximum atomic E-state index is 10.1. The molecule has 2 N–H and O–H groups in total. The van der Waals surface area contributed by atoms with Crippen LogP contribution in [0.25, 0.3) is 0 Å². The maximum absolute atomic E-state index is 10.1. The summed E-state index contributed by atoms with van der Waals surface area (Å²) in [6.45, 7) is 0.204. The molecule has 0 aromatic heterocycles. The summed E-state index contributed by atoms with van der Waals surface area (Å²) < 4.78 is 0. The van der Waals surface area contributed by atoms with Crippen molar-refractivity contribution in [1.29, 1.82) is 0 Å². The molecule has 0 aliphatic rings. The quantitative estimate of drug-likeness (QED) is 0.450. The van der Waals surface area contributed by atoms with Crippen LogP contribution < -0.4 is 0 Å². The lowest BCUT2D eigenvalue weighted by Gasteiger charge is -1.94. The monoisotopic (exact) mass is 186 g/mol. The number of carboxylic acids is 1. The van der Waals surface area contributed by atoms with Gasteiger partial charge in [-0.25, -0.2) is 0 Å². The molecule has 76 valence electrons. The fourth-order valence-corrected chi connectivity index (χ4v) is 1.03. The number of aliphatic carboxylic acids is 1. The third-order valence-electron chi connectivity index (χ3n) is 1.72. The number of carboxylic acid groups (broad SMARTS) is 1. The molecule has 0 aromatic rings. The van der Waals surface area contributed by atoms with Gasteiger partial charge >= 0.3 is 5.97 Å². The maximum Gasteiger partial charge on any atom is 0.303 e. The number of allylic oxidation sites excluding steroid dienone is 1. The molecule has 0 aliphatic heterocycles. The Bertz CT molecular complexity index is 152. The molecule has 0 aliphatic carbocycles. The highest BCUT2D eigenvalue weighted by molar-refractivity contribution is 5.66. The predicted molar refractivity (Wildman–Crippen MR) is 51.6 cm³/mol. The van der Waals surface area contributed by atoms with Crippen molar-refractivity contribution < 1.29 is 15.0 Å². The van der Waals surface area contributed by atoms with E-state index in [-0.39, 0.29) is 13.0 Å². The molecule has 0 bridgehead atoms. The molecule has 0 spiro atoms. The normalized spacial score (nSPS) is 10.8. The minimum absolute atomic E-state index is 0.204. The van der Waals surface area contributed by atoms with E-state index >= 15 is 0 Å². The van der Waals surface area contributed by atoms with Crippen LogP contribution in [0, 0.1) is 0 Å². The van der Waals surface area contributed by atoms with Crippen LogP contribution in [0.2, 0.25) is 0 Å². The molecule has 13 heavy (non-hydrogen) atoms. The van der Waals surface area contributed by atoms with Gasteiger partial charge in [0, 0.05) is 13.0 Å². The molecule has 0 saturated heterocycles. The van der Waals surface area contributed by atoms with Gasteiger partial charge < -0.3 is 10.2 Å². The summed E-state index contributed by atoms with van der Waals surface area (Å²) in [5, 5.41) is 16.8. The molecular formula is C10H18O3. The lowest BCUT2D eigenvalue weighted by molar-refractivity contribution is -0.137. The van der Waals surface area contributed by atoms with Crippen LogP contribution in [0.4, 0.5) is 0 Å². The zero-order chi connectivity index (χ0) is 9.94. The van der Waals surface area contributed by atoms with E-state index in [1.807, 2.05) is 12.2 Å². The number of aliphatic hydroxyl groups excluding tert-OH is 1. The van der Waals surface area contributed by atoms with Gasteiger partial charge in [-0.3, -0.25) is 4.79 Å². The first-order chi connectivity index (χ1) is 6.27. The van der Waals surface area contributed by atoms with Crippen LogP contribution in [0.1, 0.15) is 38.5 Å². The predicted octanol–water partition coefficient (Wildman–Crippen LogP) is 1.96. The number of carbonyl (C=O) groups is 1. The Hall–Kier alpha value is -0.830. The average molecular weight is 186 g/mol. The summed E-state index contributed by atoms with van der Waals surface area (Å²) in [6.07, 6.45) is 8.75. The third-order valence-corrected chi connectivity index (χ3v) is 1.72. The first kappa shape index (κ1) is 12.2. The molecule has 0 atom stereocenters. The molecule has 0 amide bonds. The minimum atomic E-state index is -0.712. The van der Waals surface area contributed by atoms with E-state index in [4.69, 9.17) is 10.2 Å². The summed E-state index contributed by atoms with van der Waals surface area (Å²) in [5.74, 6) is -0.712. The van der Waals surface area contributed by atoms with Crippen molar-refractivity contribution in [2.45, 2.75) is 38.5 Å². The number of hydrogen-bond donors (Lipinski definition) is 2. The number of rotatable bonds is 8. The average Bonchev–Trinajstić information content (AvgIpc) is 2.09. The molecule has 0 rings (SSSR count). The van der Waals surface area contributed by atoms with Gasteiger partial charge in [-0.15, -0.1) is 0 Å². The fourth-order valence-electron chi connectivity index (χ4n) is 1.03. The van der Waals surface area contributed by atoms with Crippen molar-refractivity contribution in [2.75, 3.05) is 6.61 Å². The van der Waals surface area contributed by atoms with Gasteiger partial charge in [-0.2, -0.15) is 0 Å². The van der Waals surface area contributed by atoms with E-state index in [0.29, 0.717) is 0 Å². The standard InChI is InChI=1S/C10H18O3/c11-9-7-5-3-1-2-4-6-8-10(12)13/h3,5,11H,1-2,4,6-9H2,(H,12,13)/b5-3-. The number of hydrogen-bond acceptors (Lipinski definition) is 2. The lowest BCUT2D eigenvalue weighted by atomic mass is 10.1. The van der Waals surface area contributed by atoms with Crippen LogP contribution >= 0.6 is 0 Å². The van der Waals surface area contributed by atoms with Gasteiger partial charge in [0.15, 0.2) is 0 Å². The van der Waals surface area contributed by atoms with Gasteiger partial charge in [-0.05, 0) is 25.7 Å². The highest BCUT2D eigenvalue weighted by Crippen LogP contribution is 2.03. The van der Waals surface area contributed by atoms with E-state index in [1.54, 1.807) is 0 Å². The van der Waals surface area contributed by atoms with Crippen LogP contribution in [0.3, 0.4) is 0 Å². The third kappa shape index (κ3) is 11.2. The Balaban J connectivity index is 3.03. The zero-order valence-corrected chi connectivity index (χ0v) is 7.91. The Morgan fingerprint density at radius 2 is 1.77 bits per heavy atom. The minimum Gasteiger partial charge on any atom is -0.481 e. The molecule has 0 unspecified atom stereocenters. The van der Waals surface area contributed by atoms with E-state index in [1.165, 1.54) is 0 Å². The largest absolute Gasteiger partial charge is 0.481 e. The van der Waals surface area contributed by atoms with E-state index in [0.717, 1.165) is 32.1 Å². The van der Waals surface area contributed by atoms with Crippen LogP contribution in [-0.4, -0.2) is 22.8 Å². The summed E-state index contributed by atoms with van der Waals surface area (Å²) in [7, 11) is 0. The smallest absolute Gasteiger partial charge is 0.303 e. The molecule has 3 heteroatoms. The summed E-state index contributed by atoms with van der Waals surface area (Å²) in [4.78, 5) is 10.1. The summed E-state index contributed by atoms with van der Waals surface area (Å²) in [5.41, 5.74) is 0. The van der Waals surface area contributed by atoms with E-state index < -0.39 is 5.97 Å². The number of unbranched alkanes of at least 4 members (excludes halogenated alkanes) is 3. The van der Waals surface area contributed by atoms with Crippen LogP contribution in [0.15, 0.2) is 12.2 Å². The van der Waals surface area contributed by atoms with Crippen molar-refractivity contribution in [3.63, 3.8) is 0 Å². The highest BCUT2D eigenvalue weighted by Gasteiger charge is 1.94. The summed E-state index contributed by atoms with van der Waals surface area (Å²) in [6, 6.07) is 0.